The number of halogens is 6. The molecule has 6 heterocycles. The molecule has 0 spiro atoms. The van der Waals surface area contributed by atoms with Crippen LogP contribution in [0, 0.1) is 0 Å². The first-order valence-corrected chi connectivity index (χ1v) is 12.7. The Morgan fingerprint density at radius 3 is 1.61 bits per heavy atom. The molecule has 44 heavy (non-hydrogen) atoms. The molecular formula is C26H20F6N12. The first-order chi connectivity index (χ1) is 20.9. The molecule has 0 aliphatic carbocycles. The number of aromatic nitrogens is 8. The van der Waals surface area contributed by atoms with Gasteiger partial charge >= 0.3 is 12.4 Å². The van der Waals surface area contributed by atoms with Crippen LogP contribution in [-0.4, -0.2) is 54.0 Å². The van der Waals surface area contributed by atoms with Crippen molar-refractivity contribution in [3.05, 3.63) is 60.4 Å². The number of pyridine rings is 2. The van der Waals surface area contributed by atoms with Gasteiger partial charge in [0, 0.05) is 60.8 Å². The second kappa shape index (κ2) is 10.5. The van der Waals surface area contributed by atoms with Crippen LogP contribution in [-0.2, 0) is 12.4 Å². The van der Waals surface area contributed by atoms with Gasteiger partial charge in [-0.2, -0.15) is 36.3 Å². The third-order valence-electron chi connectivity index (χ3n) is 6.52. The molecule has 0 fully saturated rings. The average Bonchev–Trinajstić information content (AvgIpc) is 3.59. The molecule has 0 radical (unpaired) electrons. The van der Waals surface area contributed by atoms with Crippen LogP contribution in [0.3, 0.4) is 0 Å². The summed E-state index contributed by atoms with van der Waals surface area (Å²) >= 11 is 0. The largest absolute Gasteiger partial charge is 0.421 e. The van der Waals surface area contributed by atoms with E-state index in [1.165, 1.54) is 26.5 Å². The second-order valence-corrected chi connectivity index (χ2v) is 9.30. The fourth-order valence-electron chi connectivity index (χ4n) is 4.50. The molecule has 0 bridgehead atoms. The van der Waals surface area contributed by atoms with Gasteiger partial charge in [-0.25, -0.2) is 19.9 Å². The Labute approximate surface area is 242 Å². The van der Waals surface area contributed by atoms with Crippen molar-refractivity contribution in [3.8, 4) is 11.1 Å². The smallest absolute Gasteiger partial charge is 0.372 e. The summed E-state index contributed by atoms with van der Waals surface area (Å²) in [6.45, 7) is 0. The van der Waals surface area contributed by atoms with Gasteiger partial charge in [0.15, 0.2) is 0 Å². The molecule has 0 amide bonds. The highest BCUT2D eigenvalue weighted by atomic mass is 19.4. The minimum absolute atomic E-state index is 0.00328. The van der Waals surface area contributed by atoms with E-state index < -0.39 is 35.1 Å². The van der Waals surface area contributed by atoms with Crippen molar-refractivity contribution in [2.45, 2.75) is 12.4 Å². The number of hydrogen-bond donors (Lipinski definition) is 6. The van der Waals surface area contributed by atoms with Gasteiger partial charge in [0.05, 0.1) is 23.8 Å². The number of aromatic amines is 2. The Kier molecular flexibility index (Phi) is 6.82. The van der Waals surface area contributed by atoms with Crippen LogP contribution in [0.25, 0.3) is 33.2 Å². The maximum absolute atomic E-state index is 13.6. The molecule has 0 aliphatic heterocycles. The minimum atomic E-state index is -4.70. The summed E-state index contributed by atoms with van der Waals surface area (Å²) in [5.41, 5.74) is 0.865. The van der Waals surface area contributed by atoms with Crippen molar-refractivity contribution < 1.29 is 26.3 Å². The normalized spacial score (nSPS) is 12.1. The molecule has 6 aromatic heterocycles. The highest BCUT2D eigenvalue weighted by Crippen LogP contribution is 2.38. The topological polar surface area (TPSA) is 157 Å². The van der Waals surface area contributed by atoms with Crippen molar-refractivity contribution in [2.24, 2.45) is 0 Å². The van der Waals surface area contributed by atoms with Crippen LogP contribution in [0.1, 0.15) is 11.1 Å². The van der Waals surface area contributed by atoms with E-state index in [1.54, 1.807) is 24.5 Å². The number of nitrogens with zero attached hydrogens (tertiary/aromatic N) is 6. The Balaban J connectivity index is 1.35. The van der Waals surface area contributed by atoms with Crippen molar-refractivity contribution in [1.82, 2.24) is 39.9 Å². The standard InChI is InChI=1S/C26H20F6N12/c1-33-21-17(25(27,28)29)9-40-24(43-21)42-12-4-14-16(8-38-20(14)36-6-12)15-7-37-19-13(15)3-11(5-35-19)41-22-18(26(30,31)32)10-39-23(34-2)44-22/h3-10H,1-2H3,(H,35,37)(H,36,38)(H2,33,40,42,43)(H2,34,39,41,44). The van der Waals surface area contributed by atoms with Gasteiger partial charge in [-0.15, -0.1) is 0 Å². The lowest BCUT2D eigenvalue weighted by Gasteiger charge is -2.14. The molecule has 18 heteroatoms. The molecule has 0 saturated carbocycles. The number of alkyl halides is 6. The quantitative estimate of drug-likeness (QED) is 0.113. The van der Waals surface area contributed by atoms with Crippen LogP contribution in [0.4, 0.5) is 61.2 Å². The predicted molar refractivity (Wildman–Crippen MR) is 151 cm³/mol. The lowest BCUT2D eigenvalue weighted by atomic mass is 10.1. The zero-order valence-corrected chi connectivity index (χ0v) is 22.6. The van der Waals surface area contributed by atoms with E-state index in [9.17, 15) is 26.3 Å². The highest BCUT2D eigenvalue weighted by molar-refractivity contribution is 6.04. The van der Waals surface area contributed by atoms with E-state index in [2.05, 4.69) is 61.1 Å². The molecule has 12 nitrogen and oxygen atoms in total. The van der Waals surface area contributed by atoms with Gasteiger partial charge in [-0.05, 0) is 12.1 Å². The second-order valence-electron chi connectivity index (χ2n) is 9.30. The van der Waals surface area contributed by atoms with Crippen molar-refractivity contribution in [3.63, 3.8) is 0 Å². The summed E-state index contributed by atoms with van der Waals surface area (Å²) in [6, 6.07) is 3.33. The molecule has 0 aromatic carbocycles. The van der Waals surface area contributed by atoms with Crippen LogP contribution >= 0.6 is 0 Å². The highest BCUT2D eigenvalue weighted by Gasteiger charge is 2.36. The molecular weight excluding hydrogens is 594 g/mol. The first kappa shape index (κ1) is 28.4. The van der Waals surface area contributed by atoms with E-state index in [-0.39, 0.29) is 17.6 Å². The SMILES string of the molecule is CNc1ncc(C(F)(F)F)c(Nc2cnc3[nH]cc(-c4c[nH]c5ncc(Nc6ncc(C(F)(F)F)c(NC)n6)cc45)c3c2)n1. The van der Waals surface area contributed by atoms with E-state index in [1.807, 2.05) is 0 Å². The maximum Gasteiger partial charge on any atom is 0.421 e. The fraction of sp³-hybridized carbons (Fsp3) is 0.154. The molecule has 0 saturated heterocycles. The molecule has 6 rings (SSSR count). The minimum Gasteiger partial charge on any atom is -0.372 e. The average molecular weight is 615 g/mol. The van der Waals surface area contributed by atoms with Crippen LogP contribution < -0.4 is 21.3 Å². The van der Waals surface area contributed by atoms with Gasteiger partial charge < -0.3 is 31.2 Å². The maximum atomic E-state index is 13.6. The van der Waals surface area contributed by atoms with Crippen LogP contribution in [0.15, 0.2) is 49.3 Å². The zero-order chi connectivity index (χ0) is 31.2. The van der Waals surface area contributed by atoms with E-state index in [4.69, 9.17) is 0 Å². The third kappa shape index (κ3) is 5.32. The first-order valence-electron chi connectivity index (χ1n) is 12.7. The van der Waals surface area contributed by atoms with Crippen molar-refractivity contribution >= 4 is 57.0 Å². The number of rotatable bonds is 7. The number of H-pyrrole nitrogens is 2. The van der Waals surface area contributed by atoms with Crippen LogP contribution in [0.2, 0.25) is 0 Å². The van der Waals surface area contributed by atoms with Gasteiger partial charge in [0.1, 0.15) is 34.1 Å². The van der Waals surface area contributed by atoms with Gasteiger partial charge in [0.2, 0.25) is 11.9 Å². The number of fused-ring (bicyclic) bond motifs is 2. The number of anilines is 6. The lowest BCUT2D eigenvalue weighted by Crippen LogP contribution is -2.12. The summed E-state index contributed by atoms with van der Waals surface area (Å²) in [7, 11) is 2.81. The van der Waals surface area contributed by atoms with E-state index in [0.29, 0.717) is 51.3 Å². The monoisotopic (exact) mass is 614 g/mol. The fourth-order valence-corrected chi connectivity index (χ4v) is 4.50. The molecule has 0 unspecified atom stereocenters. The number of nitrogens with one attached hydrogen (secondary N) is 6. The van der Waals surface area contributed by atoms with Gasteiger partial charge in [-0.3, -0.25) is 0 Å². The zero-order valence-electron chi connectivity index (χ0n) is 22.6. The Morgan fingerprint density at radius 1 is 0.591 bits per heavy atom. The number of hydrogen-bond acceptors (Lipinski definition) is 10. The van der Waals surface area contributed by atoms with Crippen LogP contribution in [0.5, 0.6) is 0 Å². The van der Waals surface area contributed by atoms with Gasteiger partial charge in [0.25, 0.3) is 0 Å². The summed E-state index contributed by atoms with van der Waals surface area (Å²) in [5.74, 6) is -0.934. The van der Waals surface area contributed by atoms with E-state index >= 15 is 0 Å². The summed E-state index contributed by atoms with van der Waals surface area (Å²) in [6.07, 6.45) is -1.75. The van der Waals surface area contributed by atoms with Gasteiger partial charge in [-0.1, -0.05) is 0 Å². The Hall–Kier alpha value is -5.68. The Morgan fingerprint density at radius 2 is 1.09 bits per heavy atom. The molecule has 6 N–H and O–H groups in total. The lowest BCUT2D eigenvalue weighted by molar-refractivity contribution is -0.138. The Bertz CT molecular complexity index is 2000. The summed E-state index contributed by atoms with van der Waals surface area (Å²) in [5, 5.41) is 11.8. The predicted octanol–water partition coefficient (Wildman–Crippen LogP) is 6.29. The molecule has 226 valence electrons. The summed E-state index contributed by atoms with van der Waals surface area (Å²) < 4.78 is 80.6. The third-order valence-corrected chi connectivity index (χ3v) is 6.52. The van der Waals surface area contributed by atoms with Crippen molar-refractivity contribution in [1.29, 1.82) is 0 Å². The molecule has 6 aromatic rings. The van der Waals surface area contributed by atoms with Crippen molar-refractivity contribution in [2.75, 3.05) is 35.4 Å². The molecule has 0 aliphatic rings. The summed E-state index contributed by atoms with van der Waals surface area (Å²) in [4.78, 5) is 30.1. The molecule has 0 atom stereocenters. The van der Waals surface area contributed by atoms with E-state index in [0.717, 1.165) is 0 Å².